The van der Waals surface area contributed by atoms with Gasteiger partial charge in [-0.2, -0.15) is 0 Å². The Morgan fingerprint density at radius 2 is 2.00 bits per heavy atom. The van der Waals surface area contributed by atoms with Crippen molar-refractivity contribution in [1.82, 2.24) is 25.2 Å². The number of hydrogen-bond donors (Lipinski definition) is 2. The van der Waals surface area contributed by atoms with Crippen molar-refractivity contribution in [3.8, 4) is 0 Å². The molecule has 8 heteroatoms. The first-order valence-electron chi connectivity index (χ1n) is 9.77. The second-order valence-electron chi connectivity index (χ2n) is 7.15. The third kappa shape index (κ3) is 4.21. The molecule has 1 aliphatic rings. The van der Waals surface area contributed by atoms with Crippen LogP contribution in [0.4, 0.5) is 5.82 Å². The van der Waals surface area contributed by atoms with Crippen LogP contribution in [-0.4, -0.2) is 64.9 Å². The summed E-state index contributed by atoms with van der Waals surface area (Å²) in [6.07, 6.45) is 3.60. The Morgan fingerprint density at radius 3 is 2.79 bits per heavy atom. The number of H-pyrrole nitrogens is 1. The van der Waals surface area contributed by atoms with Gasteiger partial charge in [-0.15, -0.1) is 0 Å². The summed E-state index contributed by atoms with van der Waals surface area (Å²) < 4.78 is 0. The van der Waals surface area contributed by atoms with Crippen molar-refractivity contribution in [3.05, 3.63) is 53.6 Å². The first-order valence-corrected chi connectivity index (χ1v) is 9.77. The van der Waals surface area contributed by atoms with Crippen molar-refractivity contribution in [3.63, 3.8) is 0 Å². The zero-order chi connectivity index (χ0) is 20.2. The summed E-state index contributed by atoms with van der Waals surface area (Å²) in [7, 11) is 0. The van der Waals surface area contributed by atoms with E-state index in [9.17, 15) is 9.59 Å². The minimum Gasteiger partial charge on any atom is -0.361 e. The molecule has 3 heterocycles. The molecule has 0 spiro atoms. The topological polar surface area (TPSA) is 94.2 Å². The van der Waals surface area contributed by atoms with Crippen molar-refractivity contribution >= 4 is 29.0 Å². The van der Waals surface area contributed by atoms with Gasteiger partial charge >= 0.3 is 0 Å². The SMILES string of the molecule is Cc1nc(C(=O)NCCc2c[nH]c3ccccc23)cc(N2CCN(C=O)CC2)n1. The number of aromatic amines is 1. The van der Waals surface area contributed by atoms with Crippen molar-refractivity contribution in [2.45, 2.75) is 13.3 Å². The molecule has 0 saturated carbocycles. The fourth-order valence-corrected chi connectivity index (χ4v) is 3.63. The van der Waals surface area contributed by atoms with E-state index in [4.69, 9.17) is 0 Å². The molecule has 150 valence electrons. The van der Waals surface area contributed by atoms with Crippen LogP contribution < -0.4 is 10.2 Å². The number of carbonyl (C=O) groups is 2. The lowest BCUT2D eigenvalue weighted by atomic mass is 10.1. The molecule has 1 aromatic carbocycles. The van der Waals surface area contributed by atoms with Gasteiger partial charge in [-0.1, -0.05) is 18.2 Å². The number of nitrogens with zero attached hydrogens (tertiary/aromatic N) is 4. The van der Waals surface area contributed by atoms with Crippen LogP contribution in [0.1, 0.15) is 21.9 Å². The Labute approximate surface area is 168 Å². The lowest BCUT2D eigenvalue weighted by molar-refractivity contribution is -0.118. The lowest BCUT2D eigenvalue weighted by Gasteiger charge is -2.33. The van der Waals surface area contributed by atoms with Crippen LogP contribution in [0.2, 0.25) is 0 Å². The Kier molecular flexibility index (Phi) is 5.41. The van der Waals surface area contributed by atoms with Gasteiger partial charge in [0.05, 0.1) is 0 Å². The van der Waals surface area contributed by atoms with E-state index in [2.05, 4.69) is 31.2 Å². The van der Waals surface area contributed by atoms with Crippen molar-refractivity contribution in [1.29, 1.82) is 0 Å². The molecule has 2 N–H and O–H groups in total. The number of aromatic nitrogens is 3. The summed E-state index contributed by atoms with van der Waals surface area (Å²) >= 11 is 0. The number of benzene rings is 1. The van der Waals surface area contributed by atoms with Crippen LogP contribution in [0.25, 0.3) is 10.9 Å². The van der Waals surface area contributed by atoms with Gasteiger partial charge in [-0.05, 0) is 25.0 Å². The molecule has 1 aliphatic heterocycles. The van der Waals surface area contributed by atoms with Gasteiger partial charge in [0, 0.05) is 55.9 Å². The molecule has 0 aliphatic carbocycles. The van der Waals surface area contributed by atoms with E-state index in [1.165, 1.54) is 10.9 Å². The molecule has 0 radical (unpaired) electrons. The maximum atomic E-state index is 12.6. The van der Waals surface area contributed by atoms with Crippen LogP contribution in [0, 0.1) is 6.92 Å². The highest BCUT2D eigenvalue weighted by molar-refractivity contribution is 5.93. The fraction of sp³-hybridized carbons (Fsp3) is 0.333. The first-order chi connectivity index (χ1) is 14.1. The summed E-state index contributed by atoms with van der Waals surface area (Å²) in [6.45, 7) is 5.00. The van der Waals surface area contributed by atoms with E-state index in [-0.39, 0.29) is 5.91 Å². The molecule has 8 nitrogen and oxygen atoms in total. The number of nitrogens with one attached hydrogen (secondary N) is 2. The van der Waals surface area contributed by atoms with Gasteiger partial charge in [0.1, 0.15) is 17.3 Å². The molecule has 1 saturated heterocycles. The summed E-state index contributed by atoms with van der Waals surface area (Å²) in [6, 6.07) is 9.85. The van der Waals surface area contributed by atoms with Crippen LogP contribution >= 0.6 is 0 Å². The largest absolute Gasteiger partial charge is 0.361 e. The van der Waals surface area contributed by atoms with Gasteiger partial charge < -0.3 is 20.1 Å². The number of anilines is 1. The zero-order valence-electron chi connectivity index (χ0n) is 16.4. The third-order valence-corrected chi connectivity index (χ3v) is 5.20. The van der Waals surface area contributed by atoms with Crippen LogP contribution in [-0.2, 0) is 11.2 Å². The average molecular weight is 392 g/mol. The number of piperazine rings is 1. The number of carbonyl (C=O) groups excluding carboxylic acids is 2. The number of aryl methyl sites for hydroxylation is 1. The van der Waals surface area contributed by atoms with Crippen molar-refractivity contribution in [2.24, 2.45) is 0 Å². The Balaban J connectivity index is 1.39. The smallest absolute Gasteiger partial charge is 0.270 e. The maximum Gasteiger partial charge on any atom is 0.270 e. The second-order valence-corrected chi connectivity index (χ2v) is 7.15. The van der Waals surface area contributed by atoms with Gasteiger partial charge in [0.25, 0.3) is 5.91 Å². The van der Waals surface area contributed by atoms with Crippen LogP contribution in [0.5, 0.6) is 0 Å². The predicted molar refractivity (Wildman–Crippen MR) is 111 cm³/mol. The molecule has 2 aromatic heterocycles. The van der Waals surface area contributed by atoms with E-state index >= 15 is 0 Å². The summed E-state index contributed by atoms with van der Waals surface area (Å²) in [5.41, 5.74) is 2.64. The van der Waals surface area contributed by atoms with Crippen molar-refractivity contribution < 1.29 is 9.59 Å². The van der Waals surface area contributed by atoms with Gasteiger partial charge in [0.15, 0.2) is 0 Å². The monoisotopic (exact) mass is 392 g/mol. The zero-order valence-corrected chi connectivity index (χ0v) is 16.4. The molecule has 0 atom stereocenters. The van der Waals surface area contributed by atoms with E-state index in [1.807, 2.05) is 24.4 Å². The quantitative estimate of drug-likeness (QED) is 0.621. The molecule has 4 rings (SSSR count). The van der Waals surface area contributed by atoms with E-state index < -0.39 is 0 Å². The molecule has 29 heavy (non-hydrogen) atoms. The minimum atomic E-state index is -0.205. The summed E-state index contributed by atoms with van der Waals surface area (Å²) in [5.74, 6) is 1.08. The third-order valence-electron chi connectivity index (χ3n) is 5.20. The minimum absolute atomic E-state index is 0.205. The van der Waals surface area contributed by atoms with Crippen molar-refractivity contribution in [2.75, 3.05) is 37.6 Å². The highest BCUT2D eigenvalue weighted by Gasteiger charge is 2.19. The predicted octanol–water partition coefficient (Wildman–Crippen LogP) is 1.52. The Hall–Kier alpha value is -3.42. The molecule has 1 fully saturated rings. The highest BCUT2D eigenvalue weighted by atomic mass is 16.2. The normalized spacial score (nSPS) is 14.2. The van der Waals surface area contributed by atoms with E-state index in [0.29, 0.717) is 44.2 Å². The molecular formula is C21H24N6O2. The van der Waals surface area contributed by atoms with Gasteiger partial charge in [-0.25, -0.2) is 9.97 Å². The number of fused-ring (bicyclic) bond motifs is 1. The molecule has 0 unspecified atom stereocenters. The fourth-order valence-electron chi connectivity index (χ4n) is 3.63. The summed E-state index contributed by atoms with van der Waals surface area (Å²) in [4.78, 5) is 39.4. The summed E-state index contributed by atoms with van der Waals surface area (Å²) in [5, 5.41) is 4.14. The van der Waals surface area contributed by atoms with Crippen LogP contribution in [0.15, 0.2) is 36.5 Å². The molecular weight excluding hydrogens is 368 g/mol. The maximum absolute atomic E-state index is 12.6. The molecule has 3 aromatic rings. The average Bonchev–Trinajstić information content (AvgIpc) is 3.16. The Morgan fingerprint density at radius 1 is 1.21 bits per heavy atom. The second kappa shape index (κ2) is 8.30. The highest BCUT2D eigenvalue weighted by Crippen LogP contribution is 2.18. The van der Waals surface area contributed by atoms with E-state index in [1.54, 1.807) is 17.9 Å². The number of hydrogen-bond acceptors (Lipinski definition) is 5. The first kappa shape index (κ1) is 18.9. The number of para-hydroxylation sites is 1. The lowest BCUT2D eigenvalue weighted by Crippen LogP contribution is -2.46. The number of amides is 2. The Bertz CT molecular complexity index is 1020. The number of rotatable bonds is 6. The standard InChI is InChI=1S/C21H24N6O2/c1-15-24-19(12-20(25-15)27-10-8-26(14-28)9-11-27)21(29)22-7-6-16-13-23-18-5-3-2-4-17(16)18/h2-5,12-14,23H,6-11H2,1H3,(H,22,29). The van der Waals surface area contributed by atoms with E-state index in [0.717, 1.165) is 24.2 Å². The molecule has 2 amide bonds. The van der Waals surface area contributed by atoms with Gasteiger partial charge in [0.2, 0.25) is 6.41 Å². The molecule has 0 bridgehead atoms. The van der Waals surface area contributed by atoms with Gasteiger partial charge in [-0.3, -0.25) is 9.59 Å². The van der Waals surface area contributed by atoms with Crippen LogP contribution in [0.3, 0.4) is 0 Å².